The van der Waals surface area contributed by atoms with E-state index in [0.717, 1.165) is 16.9 Å². The van der Waals surface area contributed by atoms with E-state index >= 15 is 0 Å². The Hall–Kier alpha value is -2.07. The van der Waals surface area contributed by atoms with E-state index in [1.54, 1.807) is 6.92 Å². The minimum atomic E-state index is -0.680. The van der Waals surface area contributed by atoms with E-state index < -0.39 is 5.92 Å². The van der Waals surface area contributed by atoms with Crippen LogP contribution in [0.5, 0.6) is 5.75 Å². The molecule has 0 fully saturated rings. The highest BCUT2D eigenvalue weighted by molar-refractivity contribution is 7.96. The topological polar surface area (TPSA) is 43.4 Å². The molecular formula is C20H22O3S. The van der Waals surface area contributed by atoms with Crippen LogP contribution in [0.25, 0.3) is 0 Å². The van der Waals surface area contributed by atoms with Crippen LogP contribution in [-0.2, 0) is 22.6 Å². The van der Waals surface area contributed by atoms with E-state index in [1.165, 1.54) is 0 Å². The highest BCUT2D eigenvalue weighted by Crippen LogP contribution is 2.24. The number of ether oxygens (including phenoxy) is 1. The van der Waals surface area contributed by atoms with Gasteiger partial charge in [-0.05, 0) is 30.5 Å². The number of carbonyl (C=O) groups excluding carboxylic acids is 2. The van der Waals surface area contributed by atoms with E-state index in [2.05, 4.69) is 12.6 Å². The zero-order valence-electron chi connectivity index (χ0n) is 13.9. The molecule has 126 valence electrons. The number of benzene rings is 2. The maximum atomic E-state index is 12.3. The van der Waals surface area contributed by atoms with Gasteiger partial charge in [0.1, 0.15) is 18.1 Å². The predicted molar refractivity (Wildman–Crippen MR) is 98.2 cm³/mol. The van der Waals surface area contributed by atoms with Crippen LogP contribution in [0.2, 0.25) is 0 Å². The summed E-state index contributed by atoms with van der Waals surface area (Å²) in [7, 11) is 0. The second-order valence-electron chi connectivity index (χ2n) is 5.95. The van der Waals surface area contributed by atoms with Gasteiger partial charge in [-0.3, -0.25) is 9.59 Å². The molecule has 0 N–H and O–H groups in total. The molecule has 0 heterocycles. The van der Waals surface area contributed by atoms with E-state index in [9.17, 15) is 9.59 Å². The largest absolute Gasteiger partial charge is 0.489 e. The van der Waals surface area contributed by atoms with Crippen molar-refractivity contribution in [3.05, 3.63) is 65.7 Å². The van der Waals surface area contributed by atoms with Gasteiger partial charge in [0, 0.05) is 5.92 Å². The smallest absolute Gasteiger partial charge is 0.196 e. The van der Waals surface area contributed by atoms with Crippen molar-refractivity contribution in [1.29, 1.82) is 0 Å². The zero-order valence-corrected chi connectivity index (χ0v) is 14.8. The number of Topliss-reactive ketones (excluding diaryl/α,β-unsaturated/α-hetero) is 1. The fourth-order valence-corrected chi connectivity index (χ4v) is 2.65. The van der Waals surface area contributed by atoms with Crippen LogP contribution in [0.4, 0.5) is 0 Å². The number of carbonyl (C=O) groups is 2. The van der Waals surface area contributed by atoms with Gasteiger partial charge in [-0.2, -0.15) is 0 Å². The third-order valence-electron chi connectivity index (χ3n) is 4.02. The highest BCUT2D eigenvalue weighted by atomic mass is 32.1. The molecule has 0 aromatic heterocycles. The summed E-state index contributed by atoms with van der Waals surface area (Å²) in [5, 5.41) is -0.388. The maximum absolute atomic E-state index is 12.3. The summed E-state index contributed by atoms with van der Waals surface area (Å²) in [5.74, 6) is -0.267. The Balaban J connectivity index is 2.05. The molecule has 0 saturated heterocycles. The van der Waals surface area contributed by atoms with Crippen molar-refractivity contribution in [2.75, 3.05) is 0 Å². The van der Waals surface area contributed by atoms with Crippen molar-refractivity contribution in [2.24, 2.45) is 11.8 Å². The molecule has 24 heavy (non-hydrogen) atoms. The molecule has 2 aromatic rings. The lowest BCUT2D eigenvalue weighted by molar-refractivity contribution is -0.130. The molecular weight excluding hydrogens is 320 g/mol. The Morgan fingerprint density at radius 1 is 1.00 bits per heavy atom. The first-order valence-electron chi connectivity index (χ1n) is 8.00. The number of hydrogen-bond donors (Lipinski definition) is 1. The summed E-state index contributed by atoms with van der Waals surface area (Å²) in [6.07, 6.45) is 0.537. The van der Waals surface area contributed by atoms with Gasteiger partial charge in [0.05, 0.1) is 5.92 Å². The Morgan fingerprint density at radius 3 is 2.29 bits per heavy atom. The zero-order chi connectivity index (χ0) is 17.5. The molecule has 0 aliphatic rings. The fraction of sp³-hybridized carbons (Fsp3) is 0.300. The summed E-state index contributed by atoms with van der Waals surface area (Å²) in [6.45, 7) is 3.92. The quantitative estimate of drug-likeness (QED) is 0.580. The first kappa shape index (κ1) is 18.3. The van der Waals surface area contributed by atoms with E-state index in [-0.39, 0.29) is 16.8 Å². The van der Waals surface area contributed by atoms with Gasteiger partial charge in [-0.25, -0.2) is 0 Å². The van der Waals surface area contributed by atoms with Gasteiger partial charge in [-0.15, -0.1) is 12.6 Å². The van der Waals surface area contributed by atoms with Crippen LogP contribution >= 0.6 is 12.6 Å². The first-order valence-corrected chi connectivity index (χ1v) is 8.45. The predicted octanol–water partition coefficient (Wildman–Crippen LogP) is 4.11. The summed E-state index contributed by atoms with van der Waals surface area (Å²) in [4.78, 5) is 23.6. The Bertz CT molecular complexity index is 697. The second kappa shape index (κ2) is 8.69. The van der Waals surface area contributed by atoms with Crippen molar-refractivity contribution in [3.63, 3.8) is 0 Å². The maximum Gasteiger partial charge on any atom is 0.196 e. The first-order chi connectivity index (χ1) is 11.5. The monoisotopic (exact) mass is 342 g/mol. The summed E-state index contributed by atoms with van der Waals surface area (Å²) in [5.41, 5.74) is 2.05. The lowest BCUT2D eigenvalue weighted by atomic mass is 9.90. The van der Waals surface area contributed by atoms with Gasteiger partial charge >= 0.3 is 0 Å². The Labute approximate surface area is 148 Å². The third-order valence-corrected chi connectivity index (χ3v) is 4.41. The molecule has 0 spiro atoms. The van der Waals surface area contributed by atoms with Crippen molar-refractivity contribution in [3.8, 4) is 5.75 Å². The van der Waals surface area contributed by atoms with Crippen LogP contribution in [0.15, 0.2) is 54.6 Å². The summed E-state index contributed by atoms with van der Waals surface area (Å²) < 4.78 is 5.92. The molecule has 2 rings (SSSR count). The molecule has 0 aliphatic carbocycles. The van der Waals surface area contributed by atoms with Crippen molar-refractivity contribution in [1.82, 2.24) is 0 Å². The van der Waals surface area contributed by atoms with Crippen LogP contribution in [0.1, 0.15) is 25.0 Å². The van der Waals surface area contributed by atoms with Gasteiger partial charge in [0.2, 0.25) is 0 Å². The van der Waals surface area contributed by atoms with Crippen molar-refractivity contribution >= 4 is 23.5 Å². The standard InChI is InChI=1S/C20H22O3S/c1-14(19(21)15(2)20(22)24)12-17-10-6-7-11-18(17)23-13-16-8-4-3-5-9-16/h3-11,14-15H,12-13H2,1-2H3,(H,22,24). The highest BCUT2D eigenvalue weighted by Gasteiger charge is 2.24. The van der Waals surface area contributed by atoms with Crippen molar-refractivity contribution in [2.45, 2.75) is 26.9 Å². The fourth-order valence-electron chi connectivity index (χ4n) is 2.53. The van der Waals surface area contributed by atoms with E-state index in [4.69, 9.17) is 4.74 Å². The number of thiol groups is 1. The van der Waals surface area contributed by atoms with E-state index in [0.29, 0.717) is 13.0 Å². The Morgan fingerprint density at radius 2 is 1.62 bits per heavy atom. The molecule has 0 aliphatic heterocycles. The van der Waals surface area contributed by atoms with Crippen molar-refractivity contribution < 1.29 is 14.3 Å². The third kappa shape index (κ3) is 4.96. The second-order valence-corrected chi connectivity index (χ2v) is 6.39. The van der Waals surface area contributed by atoms with Crippen LogP contribution in [-0.4, -0.2) is 10.9 Å². The minimum Gasteiger partial charge on any atom is -0.489 e. The number of rotatable bonds is 8. The average molecular weight is 342 g/mol. The number of hydrogen-bond acceptors (Lipinski definition) is 3. The summed E-state index contributed by atoms with van der Waals surface area (Å²) in [6, 6.07) is 17.6. The molecule has 2 atom stereocenters. The molecule has 0 bridgehead atoms. The number of ketones is 1. The Kier molecular flexibility index (Phi) is 6.62. The van der Waals surface area contributed by atoms with Gasteiger partial charge in [-0.1, -0.05) is 55.5 Å². The van der Waals surface area contributed by atoms with Gasteiger partial charge < -0.3 is 4.74 Å². The van der Waals surface area contributed by atoms with Gasteiger partial charge in [0.25, 0.3) is 0 Å². The number of para-hydroxylation sites is 1. The van der Waals surface area contributed by atoms with Crippen LogP contribution < -0.4 is 4.74 Å². The lowest BCUT2D eigenvalue weighted by Gasteiger charge is -2.16. The minimum absolute atomic E-state index is 0.0899. The molecule has 0 radical (unpaired) electrons. The normalized spacial score (nSPS) is 13.1. The summed E-state index contributed by atoms with van der Waals surface area (Å²) >= 11 is 3.76. The van der Waals surface area contributed by atoms with Crippen LogP contribution in [0.3, 0.4) is 0 Å². The van der Waals surface area contributed by atoms with E-state index in [1.807, 2.05) is 61.5 Å². The average Bonchev–Trinajstić information content (AvgIpc) is 2.60. The molecule has 4 heteroatoms. The molecule has 0 amide bonds. The molecule has 0 saturated carbocycles. The lowest BCUT2D eigenvalue weighted by Crippen LogP contribution is -2.25. The van der Waals surface area contributed by atoms with Crippen LogP contribution in [0, 0.1) is 11.8 Å². The molecule has 2 unspecified atom stereocenters. The van der Waals surface area contributed by atoms with Gasteiger partial charge in [0.15, 0.2) is 5.12 Å². The molecule has 3 nitrogen and oxygen atoms in total. The molecule has 2 aromatic carbocycles. The SMILES string of the molecule is CC(Cc1ccccc1OCc1ccccc1)C(=O)C(C)C(=O)S.